The predicted octanol–water partition coefficient (Wildman–Crippen LogP) is 4.00. The van der Waals surface area contributed by atoms with Crippen molar-refractivity contribution in [3.05, 3.63) is 75.8 Å². The highest BCUT2D eigenvalue weighted by atomic mass is 16.6. The molecule has 0 N–H and O–H groups in total. The van der Waals surface area contributed by atoms with Gasteiger partial charge in [0.2, 0.25) is 11.8 Å². The minimum absolute atomic E-state index is 0.115. The van der Waals surface area contributed by atoms with Crippen molar-refractivity contribution in [1.82, 2.24) is 4.90 Å². The molecule has 8 nitrogen and oxygen atoms in total. The maximum Gasteiger partial charge on any atom is 0.270 e. The number of anilines is 1. The molecule has 0 spiro atoms. The summed E-state index contributed by atoms with van der Waals surface area (Å²) in [6.45, 7) is 0. The Morgan fingerprint density at radius 3 is 2.46 bits per heavy atom. The number of fused-ring (bicyclic) bond motifs is 5. The van der Waals surface area contributed by atoms with E-state index in [9.17, 15) is 24.5 Å². The largest absolute Gasteiger partial charge is 0.352 e. The zero-order valence-corrected chi connectivity index (χ0v) is 19.1. The first-order chi connectivity index (χ1) is 17.0. The number of carbonyl (C=O) groups excluding carboxylic acids is 3. The van der Waals surface area contributed by atoms with Crippen LogP contribution in [0.15, 0.2) is 54.6 Å². The summed E-state index contributed by atoms with van der Waals surface area (Å²) in [6.07, 6.45) is 8.54. The second kappa shape index (κ2) is 8.15. The summed E-state index contributed by atoms with van der Waals surface area (Å²) < 4.78 is 0. The Balaban J connectivity index is 1.46. The van der Waals surface area contributed by atoms with E-state index in [1.807, 2.05) is 41.3 Å². The SMILES string of the molecule is O=C(c1cccc([N+](=O)[O-])c1)[C@@H]1[C@@H]2C(=O)N(C3CCCCC3)C(=O)[C@H]2[C@@H]2C=Cc3ccccc3N12. The molecule has 178 valence electrons. The summed E-state index contributed by atoms with van der Waals surface area (Å²) in [4.78, 5) is 55.8. The van der Waals surface area contributed by atoms with Gasteiger partial charge in [-0.2, -0.15) is 0 Å². The molecule has 4 aliphatic rings. The summed E-state index contributed by atoms with van der Waals surface area (Å²) in [6, 6.07) is 11.8. The molecule has 3 aliphatic heterocycles. The number of non-ortho nitro benzene ring substituents is 1. The van der Waals surface area contributed by atoms with Crippen molar-refractivity contribution in [2.75, 3.05) is 4.90 Å². The lowest BCUT2D eigenvalue weighted by Gasteiger charge is -2.38. The van der Waals surface area contributed by atoms with Crippen LogP contribution < -0.4 is 4.90 Å². The van der Waals surface area contributed by atoms with Gasteiger partial charge in [-0.1, -0.05) is 61.7 Å². The van der Waals surface area contributed by atoms with Crippen LogP contribution in [-0.2, 0) is 9.59 Å². The van der Waals surface area contributed by atoms with E-state index in [0.717, 1.165) is 43.4 Å². The number of nitrogens with zero attached hydrogens (tertiary/aromatic N) is 3. The van der Waals surface area contributed by atoms with Gasteiger partial charge in [-0.15, -0.1) is 0 Å². The number of rotatable bonds is 4. The summed E-state index contributed by atoms with van der Waals surface area (Å²) in [7, 11) is 0. The van der Waals surface area contributed by atoms with Gasteiger partial charge < -0.3 is 4.90 Å². The van der Waals surface area contributed by atoms with Gasteiger partial charge in [-0.3, -0.25) is 29.4 Å². The average Bonchev–Trinajstić information content (AvgIpc) is 3.36. The number of para-hydroxylation sites is 1. The van der Waals surface area contributed by atoms with Crippen molar-refractivity contribution in [2.24, 2.45) is 11.8 Å². The molecule has 3 heterocycles. The smallest absolute Gasteiger partial charge is 0.270 e. The molecule has 0 aromatic heterocycles. The van der Waals surface area contributed by atoms with Crippen molar-refractivity contribution in [3.8, 4) is 0 Å². The van der Waals surface area contributed by atoms with Crippen LogP contribution in [0.4, 0.5) is 11.4 Å². The lowest BCUT2D eigenvalue weighted by molar-refractivity contribution is -0.384. The normalized spacial score (nSPS) is 27.5. The minimum Gasteiger partial charge on any atom is -0.352 e. The van der Waals surface area contributed by atoms with Crippen molar-refractivity contribution in [3.63, 3.8) is 0 Å². The van der Waals surface area contributed by atoms with E-state index in [0.29, 0.717) is 0 Å². The fraction of sp³-hybridized carbons (Fsp3) is 0.370. The number of amides is 2. The topological polar surface area (TPSA) is 101 Å². The fourth-order valence-corrected chi connectivity index (χ4v) is 6.48. The first kappa shape index (κ1) is 21.7. The summed E-state index contributed by atoms with van der Waals surface area (Å²) in [5.74, 6) is -2.32. The van der Waals surface area contributed by atoms with Crippen LogP contribution in [0.5, 0.6) is 0 Å². The van der Waals surface area contributed by atoms with Gasteiger partial charge in [0.05, 0.1) is 22.8 Å². The number of carbonyl (C=O) groups is 3. The van der Waals surface area contributed by atoms with Gasteiger partial charge in [0.25, 0.3) is 5.69 Å². The first-order valence-corrected chi connectivity index (χ1v) is 12.2. The summed E-state index contributed by atoms with van der Waals surface area (Å²) in [5, 5.41) is 11.4. The molecule has 1 saturated carbocycles. The number of Topliss-reactive ketones (excluding diaryl/α,β-unsaturated/α-hetero) is 1. The third-order valence-electron chi connectivity index (χ3n) is 8.00. The monoisotopic (exact) mass is 471 g/mol. The number of ketones is 1. The van der Waals surface area contributed by atoms with Gasteiger partial charge in [0.1, 0.15) is 6.04 Å². The third kappa shape index (κ3) is 3.23. The number of likely N-dealkylation sites (tertiary alicyclic amines) is 1. The number of hydrogen-bond acceptors (Lipinski definition) is 6. The van der Waals surface area contributed by atoms with Gasteiger partial charge in [-0.05, 0) is 24.5 Å². The molecule has 0 radical (unpaired) electrons. The van der Waals surface area contributed by atoms with Crippen LogP contribution in [0.3, 0.4) is 0 Å². The van der Waals surface area contributed by atoms with Crippen LogP contribution >= 0.6 is 0 Å². The Kier molecular flexibility index (Phi) is 5.05. The van der Waals surface area contributed by atoms with Crippen LogP contribution in [0.2, 0.25) is 0 Å². The minimum atomic E-state index is -0.914. The molecule has 0 bridgehead atoms. The highest BCUT2D eigenvalue weighted by molar-refractivity contribution is 6.14. The first-order valence-electron chi connectivity index (χ1n) is 12.2. The third-order valence-corrected chi connectivity index (χ3v) is 8.00. The van der Waals surface area contributed by atoms with E-state index >= 15 is 0 Å². The average molecular weight is 472 g/mol. The zero-order valence-electron chi connectivity index (χ0n) is 19.1. The highest BCUT2D eigenvalue weighted by Gasteiger charge is 2.64. The highest BCUT2D eigenvalue weighted by Crippen LogP contribution is 2.50. The second-order valence-corrected chi connectivity index (χ2v) is 9.82. The van der Waals surface area contributed by atoms with Crippen LogP contribution in [-0.4, -0.2) is 45.5 Å². The number of nitro benzene ring substituents is 1. The summed E-state index contributed by atoms with van der Waals surface area (Å²) in [5.41, 5.74) is 1.69. The fourth-order valence-electron chi connectivity index (χ4n) is 6.48. The lowest BCUT2D eigenvalue weighted by atomic mass is 9.86. The molecule has 35 heavy (non-hydrogen) atoms. The summed E-state index contributed by atoms with van der Waals surface area (Å²) >= 11 is 0. The van der Waals surface area contributed by atoms with Crippen LogP contribution in [0.1, 0.15) is 48.0 Å². The maximum absolute atomic E-state index is 14.0. The van der Waals surface area contributed by atoms with E-state index in [4.69, 9.17) is 0 Å². The molecule has 1 aliphatic carbocycles. The van der Waals surface area contributed by atoms with E-state index in [1.165, 1.54) is 23.1 Å². The Morgan fingerprint density at radius 1 is 0.943 bits per heavy atom. The van der Waals surface area contributed by atoms with Crippen molar-refractivity contribution < 1.29 is 19.3 Å². The molecule has 2 aromatic carbocycles. The molecule has 3 fully saturated rings. The molecule has 8 heteroatoms. The molecule has 4 atom stereocenters. The molecule has 0 unspecified atom stereocenters. The number of hydrogen-bond donors (Lipinski definition) is 0. The van der Waals surface area contributed by atoms with Crippen molar-refractivity contribution in [2.45, 2.75) is 50.2 Å². The van der Waals surface area contributed by atoms with Crippen molar-refractivity contribution >= 4 is 35.0 Å². The Bertz CT molecular complexity index is 1280. The molecule has 2 aromatic rings. The van der Waals surface area contributed by atoms with Crippen LogP contribution in [0.25, 0.3) is 6.08 Å². The van der Waals surface area contributed by atoms with E-state index in [-0.39, 0.29) is 34.9 Å². The Morgan fingerprint density at radius 2 is 1.69 bits per heavy atom. The Hall–Kier alpha value is -3.81. The van der Waals surface area contributed by atoms with E-state index in [1.54, 1.807) is 6.07 Å². The quantitative estimate of drug-likeness (QED) is 0.289. The molecular weight excluding hydrogens is 446 g/mol. The number of imide groups is 1. The van der Waals surface area contributed by atoms with Crippen LogP contribution in [0, 0.1) is 22.0 Å². The molecule has 2 amide bonds. The predicted molar refractivity (Wildman–Crippen MR) is 129 cm³/mol. The standard InChI is InChI=1S/C27H25N3O5/c31-25(17-8-6-11-19(15-17)30(34)35)24-23-22(21-14-13-16-7-4-5-12-20(16)29(21)24)26(32)28(27(23)33)18-9-2-1-3-10-18/h4-8,11-15,18,21-24H,1-3,9-10H2/t21-,22-,23+,24-/m0/s1. The second-order valence-electron chi connectivity index (χ2n) is 9.82. The van der Waals surface area contributed by atoms with Gasteiger partial charge >= 0.3 is 0 Å². The molecule has 2 saturated heterocycles. The van der Waals surface area contributed by atoms with Gasteiger partial charge in [0.15, 0.2) is 5.78 Å². The number of nitro groups is 1. The number of benzene rings is 2. The van der Waals surface area contributed by atoms with E-state index in [2.05, 4.69) is 0 Å². The Labute approximate surface area is 202 Å². The lowest BCUT2D eigenvalue weighted by Crippen LogP contribution is -2.51. The van der Waals surface area contributed by atoms with Gasteiger partial charge in [0, 0.05) is 29.4 Å². The van der Waals surface area contributed by atoms with Crippen molar-refractivity contribution in [1.29, 1.82) is 0 Å². The zero-order chi connectivity index (χ0) is 24.3. The maximum atomic E-state index is 14.0. The molecule has 6 rings (SSSR count). The van der Waals surface area contributed by atoms with E-state index < -0.39 is 28.8 Å². The molecular formula is C27H25N3O5. The van der Waals surface area contributed by atoms with Gasteiger partial charge in [-0.25, -0.2) is 0 Å².